The van der Waals surface area contributed by atoms with Crippen LogP contribution in [-0.4, -0.2) is 39.5 Å². The summed E-state index contributed by atoms with van der Waals surface area (Å²) in [6.07, 6.45) is -1.72. The van der Waals surface area contributed by atoms with E-state index in [9.17, 15) is 18.0 Å². The number of rotatable bonds is 3. The average molecular weight is 353 g/mol. The van der Waals surface area contributed by atoms with Crippen molar-refractivity contribution in [3.05, 3.63) is 41.7 Å². The van der Waals surface area contributed by atoms with Gasteiger partial charge >= 0.3 is 6.18 Å². The molecule has 3 rings (SSSR count). The lowest BCUT2D eigenvalue weighted by Gasteiger charge is -2.28. The number of benzene rings is 1. The number of amides is 1. The predicted octanol–water partition coefficient (Wildman–Crippen LogP) is 2.16. The van der Waals surface area contributed by atoms with Crippen LogP contribution < -0.4 is 10.6 Å². The van der Waals surface area contributed by atoms with E-state index < -0.39 is 17.6 Å². The number of carbonyl (C=O) groups excluding carboxylic acids is 1. The van der Waals surface area contributed by atoms with Crippen molar-refractivity contribution in [1.29, 1.82) is 0 Å². The molecule has 1 amide bonds. The third-order valence-corrected chi connectivity index (χ3v) is 4.14. The van der Waals surface area contributed by atoms with Crippen molar-refractivity contribution < 1.29 is 18.0 Å². The van der Waals surface area contributed by atoms with E-state index in [1.54, 1.807) is 0 Å². The number of alkyl halides is 3. The number of carbonyl (C=O) groups is 1. The van der Waals surface area contributed by atoms with E-state index in [1.165, 1.54) is 24.4 Å². The van der Waals surface area contributed by atoms with Gasteiger partial charge in [-0.2, -0.15) is 13.2 Å². The van der Waals surface area contributed by atoms with E-state index in [0.29, 0.717) is 6.04 Å². The largest absolute Gasteiger partial charge is 0.418 e. The van der Waals surface area contributed by atoms with Gasteiger partial charge in [0, 0.05) is 12.1 Å². The van der Waals surface area contributed by atoms with E-state index >= 15 is 0 Å². The number of hydrogen-bond acceptors (Lipinski definition) is 4. The van der Waals surface area contributed by atoms with Gasteiger partial charge in [-0.1, -0.05) is 17.3 Å². The smallest absolute Gasteiger partial charge is 0.348 e. The highest BCUT2D eigenvalue weighted by Gasteiger charge is 2.34. The Morgan fingerprint density at radius 3 is 2.84 bits per heavy atom. The summed E-state index contributed by atoms with van der Waals surface area (Å²) in [5, 5.41) is 13.5. The third-order valence-electron chi connectivity index (χ3n) is 4.14. The summed E-state index contributed by atoms with van der Waals surface area (Å²) >= 11 is 0. The molecule has 134 valence electrons. The van der Waals surface area contributed by atoms with E-state index in [0.717, 1.165) is 30.1 Å². The van der Waals surface area contributed by atoms with Crippen LogP contribution in [0.5, 0.6) is 0 Å². The SMILES string of the molecule is CC1CC(NC(=O)c2cn(-c3ccccc3C(F)(F)F)nn2)CCN1. The van der Waals surface area contributed by atoms with Gasteiger partial charge in [-0.25, -0.2) is 4.68 Å². The number of nitrogens with zero attached hydrogens (tertiary/aromatic N) is 3. The fourth-order valence-corrected chi connectivity index (χ4v) is 2.92. The maximum Gasteiger partial charge on any atom is 0.418 e. The van der Waals surface area contributed by atoms with Crippen LogP contribution in [-0.2, 0) is 6.18 Å². The molecule has 2 atom stereocenters. The number of halogens is 3. The van der Waals surface area contributed by atoms with Crippen LogP contribution >= 0.6 is 0 Å². The van der Waals surface area contributed by atoms with Crippen molar-refractivity contribution in [2.45, 2.75) is 38.0 Å². The van der Waals surface area contributed by atoms with Gasteiger partial charge < -0.3 is 10.6 Å². The molecule has 1 aliphatic rings. The normalized spacial score (nSPS) is 21.1. The molecule has 6 nitrogen and oxygen atoms in total. The van der Waals surface area contributed by atoms with Crippen molar-refractivity contribution >= 4 is 5.91 Å². The van der Waals surface area contributed by atoms with E-state index in [1.807, 2.05) is 6.92 Å². The number of para-hydroxylation sites is 1. The summed E-state index contributed by atoms with van der Waals surface area (Å²) in [5.74, 6) is -0.435. The lowest BCUT2D eigenvalue weighted by Crippen LogP contribution is -2.46. The number of nitrogens with one attached hydrogen (secondary N) is 2. The van der Waals surface area contributed by atoms with Crippen LogP contribution in [0.4, 0.5) is 13.2 Å². The molecule has 2 N–H and O–H groups in total. The van der Waals surface area contributed by atoms with Crippen LogP contribution in [0.1, 0.15) is 35.8 Å². The Labute approximate surface area is 142 Å². The van der Waals surface area contributed by atoms with E-state index in [-0.39, 0.29) is 17.4 Å². The van der Waals surface area contributed by atoms with Crippen molar-refractivity contribution in [2.24, 2.45) is 0 Å². The molecular weight excluding hydrogens is 335 g/mol. The average Bonchev–Trinajstić information content (AvgIpc) is 3.04. The van der Waals surface area contributed by atoms with Gasteiger partial charge in [0.15, 0.2) is 5.69 Å². The maximum atomic E-state index is 13.1. The molecule has 2 aromatic rings. The molecule has 2 heterocycles. The van der Waals surface area contributed by atoms with Crippen molar-refractivity contribution in [1.82, 2.24) is 25.6 Å². The standard InChI is InChI=1S/C16H18F3N5O/c1-10-8-11(6-7-20-10)21-15(25)13-9-24(23-22-13)14-5-3-2-4-12(14)16(17,18)19/h2-5,9-11,20H,6-8H2,1H3,(H,21,25). The van der Waals surface area contributed by atoms with E-state index in [2.05, 4.69) is 20.9 Å². The molecule has 0 saturated carbocycles. The molecule has 1 aliphatic heterocycles. The highest BCUT2D eigenvalue weighted by atomic mass is 19.4. The van der Waals surface area contributed by atoms with E-state index in [4.69, 9.17) is 0 Å². The van der Waals surface area contributed by atoms with Crippen LogP contribution in [0.25, 0.3) is 5.69 Å². The third kappa shape index (κ3) is 3.98. The Bertz CT molecular complexity index is 758. The fraction of sp³-hybridized carbons (Fsp3) is 0.438. The molecule has 2 unspecified atom stereocenters. The zero-order valence-corrected chi connectivity index (χ0v) is 13.5. The summed E-state index contributed by atoms with van der Waals surface area (Å²) in [6.45, 7) is 2.83. The minimum absolute atomic E-state index is 0.0105. The van der Waals surface area contributed by atoms with Gasteiger partial charge in [-0.05, 0) is 38.4 Å². The molecule has 9 heteroatoms. The Kier molecular flexibility index (Phi) is 4.76. The number of aromatic nitrogens is 3. The second-order valence-corrected chi connectivity index (χ2v) is 6.11. The quantitative estimate of drug-likeness (QED) is 0.887. The summed E-state index contributed by atoms with van der Waals surface area (Å²) in [4.78, 5) is 12.3. The monoisotopic (exact) mass is 353 g/mol. The van der Waals surface area contributed by atoms with Gasteiger partial charge in [-0.15, -0.1) is 5.10 Å². The van der Waals surface area contributed by atoms with Gasteiger partial charge in [-0.3, -0.25) is 4.79 Å². The van der Waals surface area contributed by atoms with Crippen molar-refractivity contribution in [3.63, 3.8) is 0 Å². The second-order valence-electron chi connectivity index (χ2n) is 6.11. The van der Waals surface area contributed by atoms with Crippen molar-refractivity contribution in [2.75, 3.05) is 6.54 Å². The number of piperidine rings is 1. The van der Waals surface area contributed by atoms with Gasteiger partial charge in [0.2, 0.25) is 0 Å². The molecule has 1 aromatic heterocycles. The molecule has 0 spiro atoms. The Hall–Kier alpha value is -2.42. The molecular formula is C16H18F3N5O. The summed E-state index contributed by atoms with van der Waals surface area (Å²) in [6, 6.07) is 5.34. The van der Waals surface area contributed by atoms with Crippen molar-refractivity contribution in [3.8, 4) is 5.69 Å². The first-order chi connectivity index (χ1) is 11.8. The molecule has 0 radical (unpaired) electrons. The zero-order valence-electron chi connectivity index (χ0n) is 13.5. The summed E-state index contributed by atoms with van der Waals surface area (Å²) in [5.41, 5.74) is -1.01. The zero-order chi connectivity index (χ0) is 18.0. The Morgan fingerprint density at radius 1 is 1.36 bits per heavy atom. The highest BCUT2D eigenvalue weighted by Crippen LogP contribution is 2.33. The van der Waals surface area contributed by atoms with Crippen LogP contribution in [0, 0.1) is 0 Å². The lowest BCUT2D eigenvalue weighted by atomic mass is 10.0. The summed E-state index contributed by atoms with van der Waals surface area (Å²) in [7, 11) is 0. The Morgan fingerprint density at radius 2 is 2.12 bits per heavy atom. The minimum atomic E-state index is -4.52. The molecule has 1 aromatic carbocycles. The first kappa shape index (κ1) is 17.4. The van der Waals surface area contributed by atoms with Crippen LogP contribution in [0.2, 0.25) is 0 Å². The lowest BCUT2D eigenvalue weighted by molar-refractivity contribution is -0.137. The summed E-state index contributed by atoms with van der Waals surface area (Å²) < 4.78 is 40.3. The number of hydrogen-bond donors (Lipinski definition) is 2. The highest BCUT2D eigenvalue weighted by molar-refractivity contribution is 5.92. The minimum Gasteiger partial charge on any atom is -0.348 e. The maximum absolute atomic E-state index is 13.1. The molecule has 25 heavy (non-hydrogen) atoms. The fourth-order valence-electron chi connectivity index (χ4n) is 2.92. The second kappa shape index (κ2) is 6.83. The first-order valence-corrected chi connectivity index (χ1v) is 7.98. The van der Waals surface area contributed by atoms with Gasteiger partial charge in [0.25, 0.3) is 5.91 Å². The molecule has 1 saturated heterocycles. The van der Waals surface area contributed by atoms with Crippen LogP contribution in [0.15, 0.2) is 30.5 Å². The van der Waals surface area contributed by atoms with Crippen LogP contribution in [0.3, 0.4) is 0 Å². The molecule has 1 fully saturated rings. The topological polar surface area (TPSA) is 71.8 Å². The van der Waals surface area contributed by atoms with Gasteiger partial charge in [0.05, 0.1) is 17.4 Å². The first-order valence-electron chi connectivity index (χ1n) is 7.98. The van der Waals surface area contributed by atoms with Gasteiger partial charge in [0.1, 0.15) is 0 Å². The molecule has 0 bridgehead atoms. The predicted molar refractivity (Wildman–Crippen MR) is 84.3 cm³/mol. The molecule has 0 aliphatic carbocycles. The Balaban J connectivity index is 1.78.